The van der Waals surface area contributed by atoms with Gasteiger partial charge in [-0.25, -0.2) is 0 Å². The molecular formula is C14H19Cl2N. The third kappa shape index (κ3) is 3.53. The maximum Gasteiger partial charge on any atom is 0.0612 e. The standard InChI is InChI=1S/C14H19Cl2N/c1-2-10-3-5-11(6-4-10)17-12-7-8-13(15)14(16)9-12/h7-11,17H,2-6H2,1H3. The smallest absolute Gasteiger partial charge is 0.0612 e. The predicted octanol–water partition coefficient (Wildman–Crippen LogP) is 5.37. The summed E-state index contributed by atoms with van der Waals surface area (Å²) in [6.45, 7) is 2.29. The third-order valence-corrected chi connectivity index (χ3v) is 4.45. The van der Waals surface area contributed by atoms with Gasteiger partial charge in [-0.3, -0.25) is 0 Å². The lowest BCUT2D eigenvalue weighted by Crippen LogP contribution is -2.25. The number of benzene rings is 1. The van der Waals surface area contributed by atoms with Crippen LogP contribution in [0.25, 0.3) is 0 Å². The molecule has 17 heavy (non-hydrogen) atoms. The first-order valence-corrected chi connectivity index (χ1v) is 7.16. The van der Waals surface area contributed by atoms with Crippen molar-refractivity contribution in [3.63, 3.8) is 0 Å². The lowest BCUT2D eigenvalue weighted by Gasteiger charge is -2.29. The van der Waals surface area contributed by atoms with E-state index in [1.807, 2.05) is 18.2 Å². The SMILES string of the molecule is CCC1CCC(Nc2ccc(Cl)c(Cl)c2)CC1. The summed E-state index contributed by atoms with van der Waals surface area (Å²) >= 11 is 11.9. The highest BCUT2D eigenvalue weighted by Gasteiger charge is 2.19. The number of nitrogens with one attached hydrogen (secondary N) is 1. The molecule has 1 nitrogen and oxygen atoms in total. The molecule has 1 aliphatic rings. The molecule has 0 atom stereocenters. The second kappa shape index (κ2) is 5.97. The minimum Gasteiger partial charge on any atom is -0.382 e. The quantitative estimate of drug-likeness (QED) is 0.779. The Labute approximate surface area is 114 Å². The van der Waals surface area contributed by atoms with Crippen LogP contribution in [0.1, 0.15) is 39.0 Å². The van der Waals surface area contributed by atoms with Gasteiger partial charge in [0.25, 0.3) is 0 Å². The minimum atomic E-state index is 0.593. The topological polar surface area (TPSA) is 12.0 Å². The average molecular weight is 272 g/mol. The fourth-order valence-corrected chi connectivity index (χ4v) is 2.83. The number of rotatable bonds is 3. The van der Waals surface area contributed by atoms with Gasteiger partial charge in [0.1, 0.15) is 0 Å². The van der Waals surface area contributed by atoms with E-state index >= 15 is 0 Å². The Kier molecular flexibility index (Phi) is 4.58. The van der Waals surface area contributed by atoms with Gasteiger partial charge in [-0.05, 0) is 49.8 Å². The Morgan fingerprint density at radius 3 is 2.41 bits per heavy atom. The summed E-state index contributed by atoms with van der Waals surface area (Å²) in [6.07, 6.45) is 6.53. The van der Waals surface area contributed by atoms with Crippen LogP contribution >= 0.6 is 23.2 Å². The van der Waals surface area contributed by atoms with Gasteiger partial charge in [-0.2, -0.15) is 0 Å². The van der Waals surface area contributed by atoms with E-state index in [9.17, 15) is 0 Å². The van der Waals surface area contributed by atoms with Gasteiger partial charge in [-0.15, -0.1) is 0 Å². The number of halogens is 2. The molecule has 0 aromatic heterocycles. The Balaban J connectivity index is 1.91. The molecule has 0 aliphatic heterocycles. The van der Waals surface area contributed by atoms with E-state index in [2.05, 4.69) is 12.2 Å². The zero-order chi connectivity index (χ0) is 12.3. The highest BCUT2D eigenvalue weighted by atomic mass is 35.5. The van der Waals surface area contributed by atoms with Gasteiger partial charge in [0.2, 0.25) is 0 Å². The monoisotopic (exact) mass is 271 g/mol. The average Bonchev–Trinajstić information content (AvgIpc) is 2.35. The van der Waals surface area contributed by atoms with Crippen molar-refractivity contribution in [2.45, 2.75) is 45.1 Å². The summed E-state index contributed by atoms with van der Waals surface area (Å²) in [4.78, 5) is 0. The molecule has 0 spiro atoms. The molecule has 3 heteroatoms. The Hall–Kier alpha value is -0.400. The first kappa shape index (κ1) is 13.0. The first-order valence-electron chi connectivity index (χ1n) is 6.40. The van der Waals surface area contributed by atoms with Gasteiger partial charge in [0.05, 0.1) is 10.0 Å². The van der Waals surface area contributed by atoms with Gasteiger partial charge in [0.15, 0.2) is 0 Å². The largest absolute Gasteiger partial charge is 0.382 e. The van der Waals surface area contributed by atoms with E-state index in [4.69, 9.17) is 23.2 Å². The second-order valence-corrected chi connectivity index (χ2v) is 5.71. The van der Waals surface area contributed by atoms with Crippen molar-refractivity contribution in [2.75, 3.05) is 5.32 Å². The van der Waals surface area contributed by atoms with Crippen molar-refractivity contribution in [3.8, 4) is 0 Å². The van der Waals surface area contributed by atoms with Crippen molar-refractivity contribution < 1.29 is 0 Å². The molecule has 1 fully saturated rings. The molecule has 0 amide bonds. The number of anilines is 1. The second-order valence-electron chi connectivity index (χ2n) is 4.90. The van der Waals surface area contributed by atoms with Crippen LogP contribution < -0.4 is 5.32 Å². The highest BCUT2D eigenvalue weighted by molar-refractivity contribution is 6.42. The molecule has 0 bridgehead atoms. The summed E-state index contributed by atoms with van der Waals surface area (Å²) in [6, 6.07) is 6.36. The van der Waals surface area contributed by atoms with Gasteiger partial charge in [0, 0.05) is 11.7 Å². The van der Waals surface area contributed by atoms with Crippen molar-refractivity contribution in [2.24, 2.45) is 5.92 Å². The van der Waals surface area contributed by atoms with Crippen molar-refractivity contribution in [1.29, 1.82) is 0 Å². The first-order chi connectivity index (χ1) is 8.19. The zero-order valence-corrected chi connectivity index (χ0v) is 11.7. The molecule has 0 saturated heterocycles. The predicted molar refractivity (Wildman–Crippen MR) is 76.1 cm³/mol. The minimum absolute atomic E-state index is 0.593. The van der Waals surface area contributed by atoms with Crippen molar-refractivity contribution in [3.05, 3.63) is 28.2 Å². The molecule has 1 saturated carbocycles. The maximum atomic E-state index is 6.01. The van der Waals surface area contributed by atoms with Crippen LogP contribution in [-0.2, 0) is 0 Å². The van der Waals surface area contributed by atoms with E-state index in [0.29, 0.717) is 16.1 Å². The molecule has 0 unspecified atom stereocenters. The molecule has 1 N–H and O–H groups in total. The Morgan fingerprint density at radius 1 is 1.12 bits per heavy atom. The van der Waals surface area contributed by atoms with E-state index in [1.54, 1.807) is 0 Å². The van der Waals surface area contributed by atoms with Crippen LogP contribution in [0.15, 0.2) is 18.2 Å². The zero-order valence-electron chi connectivity index (χ0n) is 10.2. The van der Waals surface area contributed by atoms with Crippen molar-refractivity contribution in [1.82, 2.24) is 0 Å². The van der Waals surface area contributed by atoms with Crippen LogP contribution in [0.3, 0.4) is 0 Å². The summed E-state index contributed by atoms with van der Waals surface area (Å²) in [5.41, 5.74) is 1.08. The van der Waals surface area contributed by atoms with Crippen LogP contribution in [0.4, 0.5) is 5.69 Å². The lowest BCUT2D eigenvalue weighted by atomic mass is 9.84. The van der Waals surface area contributed by atoms with E-state index in [-0.39, 0.29) is 0 Å². The van der Waals surface area contributed by atoms with Crippen molar-refractivity contribution >= 4 is 28.9 Å². The van der Waals surface area contributed by atoms with E-state index < -0.39 is 0 Å². The van der Waals surface area contributed by atoms with Gasteiger partial charge in [-0.1, -0.05) is 36.5 Å². The molecule has 0 radical (unpaired) electrons. The van der Waals surface area contributed by atoms with E-state index in [1.165, 1.54) is 32.1 Å². The van der Waals surface area contributed by atoms with Gasteiger partial charge >= 0.3 is 0 Å². The Bertz CT molecular complexity index is 370. The molecule has 94 valence electrons. The van der Waals surface area contributed by atoms with Crippen LogP contribution in [-0.4, -0.2) is 6.04 Å². The molecule has 1 aromatic carbocycles. The molecule has 1 aromatic rings. The van der Waals surface area contributed by atoms with Crippen LogP contribution in [0.2, 0.25) is 10.0 Å². The number of hydrogen-bond acceptors (Lipinski definition) is 1. The number of hydrogen-bond donors (Lipinski definition) is 1. The third-order valence-electron chi connectivity index (χ3n) is 3.71. The normalized spacial score (nSPS) is 24.6. The van der Waals surface area contributed by atoms with E-state index in [0.717, 1.165) is 11.6 Å². The van der Waals surface area contributed by atoms with Crippen LogP contribution in [0, 0.1) is 5.92 Å². The molecule has 2 rings (SSSR count). The summed E-state index contributed by atoms with van der Waals surface area (Å²) in [5.74, 6) is 0.932. The highest BCUT2D eigenvalue weighted by Crippen LogP contribution is 2.30. The van der Waals surface area contributed by atoms with Gasteiger partial charge < -0.3 is 5.32 Å². The molecule has 0 heterocycles. The Morgan fingerprint density at radius 2 is 1.82 bits per heavy atom. The summed E-state index contributed by atoms with van der Waals surface area (Å²) in [5, 5.41) is 4.79. The summed E-state index contributed by atoms with van der Waals surface area (Å²) in [7, 11) is 0. The maximum absolute atomic E-state index is 6.01. The molecule has 1 aliphatic carbocycles. The summed E-state index contributed by atoms with van der Waals surface area (Å²) < 4.78 is 0. The lowest BCUT2D eigenvalue weighted by molar-refractivity contribution is 0.330. The van der Waals surface area contributed by atoms with Crippen LogP contribution in [0.5, 0.6) is 0 Å². The fourth-order valence-electron chi connectivity index (χ4n) is 2.54. The molecular weight excluding hydrogens is 253 g/mol. The fraction of sp³-hybridized carbons (Fsp3) is 0.571.